The molecule has 0 bridgehead atoms. The van der Waals surface area contributed by atoms with Gasteiger partial charge in [-0.3, -0.25) is 4.79 Å². The number of nitrogens with one attached hydrogen (secondary N) is 1. The van der Waals surface area contributed by atoms with E-state index in [0.29, 0.717) is 17.3 Å². The van der Waals surface area contributed by atoms with Crippen molar-refractivity contribution in [1.82, 2.24) is 10.2 Å². The Morgan fingerprint density at radius 3 is 2.80 bits per heavy atom. The van der Waals surface area contributed by atoms with Crippen molar-refractivity contribution < 1.29 is 13.9 Å². The molecule has 0 radical (unpaired) electrons. The highest BCUT2D eigenvalue weighted by Gasteiger charge is 2.22. The van der Waals surface area contributed by atoms with Crippen LogP contribution in [0.2, 0.25) is 0 Å². The summed E-state index contributed by atoms with van der Waals surface area (Å²) in [7, 11) is 0. The molecule has 1 aliphatic heterocycles. The zero-order chi connectivity index (χ0) is 17.6. The summed E-state index contributed by atoms with van der Waals surface area (Å²) in [6.07, 6.45) is 2.06. The summed E-state index contributed by atoms with van der Waals surface area (Å²) in [6, 6.07) is 8.31. The molecular formula is C19H24N2O4. The summed E-state index contributed by atoms with van der Waals surface area (Å²) in [5.74, 6) is 1.17. The highest BCUT2D eigenvalue weighted by molar-refractivity contribution is 5.79. The first-order valence-electron chi connectivity index (χ1n) is 8.81. The Labute approximate surface area is 146 Å². The number of carbonyl (C=O) groups is 1. The third-order valence-corrected chi connectivity index (χ3v) is 4.61. The largest absolute Gasteiger partial charge is 0.484 e. The monoisotopic (exact) mass is 344 g/mol. The predicted molar refractivity (Wildman–Crippen MR) is 95.8 cm³/mol. The molecule has 0 aliphatic carbocycles. The lowest BCUT2D eigenvalue weighted by atomic mass is 9.97. The molecule has 1 saturated heterocycles. The van der Waals surface area contributed by atoms with E-state index < -0.39 is 5.63 Å². The fourth-order valence-corrected chi connectivity index (χ4v) is 3.10. The van der Waals surface area contributed by atoms with Crippen LogP contribution in [-0.2, 0) is 4.79 Å². The van der Waals surface area contributed by atoms with Crippen LogP contribution in [0.15, 0.2) is 39.5 Å². The van der Waals surface area contributed by atoms with E-state index in [1.54, 1.807) is 18.2 Å². The summed E-state index contributed by atoms with van der Waals surface area (Å²) in [4.78, 5) is 25.5. The van der Waals surface area contributed by atoms with Gasteiger partial charge in [-0.1, -0.05) is 6.92 Å². The van der Waals surface area contributed by atoms with Crippen LogP contribution in [0.3, 0.4) is 0 Å². The van der Waals surface area contributed by atoms with E-state index in [-0.39, 0.29) is 12.5 Å². The number of carbonyl (C=O) groups excluding carboxylic acids is 1. The minimum Gasteiger partial charge on any atom is -0.484 e. The summed E-state index contributed by atoms with van der Waals surface area (Å²) in [5.41, 5.74) is 0.0582. The van der Waals surface area contributed by atoms with Gasteiger partial charge >= 0.3 is 5.63 Å². The molecule has 3 rings (SSSR count). The molecular weight excluding hydrogens is 320 g/mol. The first-order chi connectivity index (χ1) is 12.2. The lowest BCUT2D eigenvalue weighted by molar-refractivity contribution is -0.134. The molecule has 1 aromatic heterocycles. The topological polar surface area (TPSA) is 71.8 Å². The van der Waals surface area contributed by atoms with Gasteiger partial charge in [0, 0.05) is 30.6 Å². The van der Waals surface area contributed by atoms with E-state index in [2.05, 4.69) is 12.2 Å². The van der Waals surface area contributed by atoms with Crippen LogP contribution in [0.25, 0.3) is 11.0 Å². The number of benzene rings is 1. The van der Waals surface area contributed by atoms with E-state index in [4.69, 9.17) is 9.15 Å². The number of piperidine rings is 1. The number of likely N-dealkylation sites (tertiary alicyclic amines) is 1. The van der Waals surface area contributed by atoms with Gasteiger partial charge in [-0.25, -0.2) is 4.79 Å². The molecule has 2 heterocycles. The number of nitrogens with zero attached hydrogens (tertiary/aromatic N) is 1. The van der Waals surface area contributed by atoms with Crippen LogP contribution < -0.4 is 15.7 Å². The molecule has 2 aromatic rings. The molecule has 134 valence electrons. The van der Waals surface area contributed by atoms with Crippen molar-refractivity contribution in [3.05, 3.63) is 40.8 Å². The molecule has 1 fully saturated rings. The van der Waals surface area contributed by atoms with E-state index in [1.807, 2.05) is 11.0 Å². The third kappa shape index (κ3) is 4.60. The van der Waals surface area contributed by atoms with E-state index in [1.165, 1.54) is 6.07 Å². The minimum atomic E-state index is -0.402. The Morgan fingerprint density at radius 2 is 2.04 bits per heavy atom. The van der Waals surface area contributed by atoms with Crippen molar-refractivity contribution in [2.24, 2.45) is 5.92 Å². The molecule has 1 aromatic carbocycles. The fraction of sp³-hybridized carbons (Fsp3) is 0.474. The standard InChI is InChI=1S/C19H24N2O4/c1-2-20-12-14-7-9-21(10-8-14)18(22)13-24-16-5-3-15-4-6-19(23)25-17(15)11-16/h3-6,11,14,20H,2,7-10,12-13H2,1H3. The molecule has 25 heavy (non-hydrogen) atoms. The van der Waals surface area contributed by atoms with Gasteiger partial charge in [0.05, 0.1) is 0 Å². The Morgan fingerprint density at radius 1 is 1.28 bits per heavy atom. The zero-order valence-corrected chi connectivity index (χ0v) is 14.5. The van der Waals surface area contributed by atoms with Gasteiger partial charge in [0.15, 0.2) is 6.61 Å². The Bertz CT molecular complexity index is 778. The van der Waals surface area contributed by atoms with E-state index in [0.717, 1.165) is 44.4 Å². The smallest absolute Gasteiger partial charge is 0.336 e. The van der Waals surface area contributed by atoms with E-state index in [9.17, 15) is 9.59 Å². The molecule has 6 nitrogen and oxygen atoms in total. The summed E-state index contributed by atoms with van der Waals surface area (Å²) in [5, 5.41) is 4.19. The maximum atomic E-state index is 12.3. The zero-order valence-electron chi connectivity index (χ0n) is 14.5. The van der Waals surface area contributed by atoms with Crippen LogP contribution in [-0.4, -0.2) is 43.6 Å². The van der Waals surface area contributed by atoms with Crippen LogP contribution in [0.5, 0.6) is 5.75 Å². The molecule has 1 aliphatic rings. The van der Waals surface area contributed by atoms with Gasteiger partial charge in [-0.15, -0.1) is 0 Å². The van der Waals surface area contributed by atoms with Gasteiger partial charge < -0.3 is 19.4 Å². The molecule has 1 N–H and O–H groups in total. The van der Waals surface area contributed by atoms with Gasteiger partial charge in [0.25, 0.3) is 5.91 Å². The van der Waals surface area contributed by atoms with E-state index >= 15 is 0 Å². The summed E-state index contributed by atoms with van der Waals surface area (Å²) in [6.45, 7) is 5.68. The third-order valence-electron chi connectivity index (χ3n) is 4.61. The van der Waals surface area contributed by atoms with Gasteiger partial charge in [0.2, 0.25) is 0 Å². The second-order valence-electron chi connectivity index (χ2n) is 6.37. The van der Waals surface area contributed by atoms with Crippen molar-refractivity contribution in [3.8, 4) is 5.75 Å². The first kappa shape index (κ1) is 17.5. The van der Waals surface area contributed by atoms with Crippen molar-refractivity contribution in [2.75, 3.05) is 32.8 Å². The number of ether oxygens (including phenoxy) is 1. The van der Waals surface area contributed by atoms with Crippen molar-refractivity contribution >= 4 is 16.9 Å². The van der Waals surface area contributed by atoms with Crippen LogP contribution in [0.4, 0.5) is 0 Å². The Hall–Kier alpha value is -2.34. The SMILES string of the molecule is CCNCC1CCN(C(=O)COc2ccc3ccc(=O)oc3c2)CC1. The summed E-state index contributed by atoms with van der Waals surface area (Å²) >= 11 is 0. The number of hydrogen-bond acceptors (Lipinski definition) is 5. The molecule has 0 saturated carbocycles. The maximum absolute atomic E-state index is 12.3. The molecule has 0 spiro atoms. The Kier molecular flexibility index (Phi) is 5.71. The second-order valence-corrected chi connectivity index (χ2v) is 6.37. The number of hydrogen-bond donors (Lipinski definition) is 1. The number of fused-ring (bicyclic) bond motifs is 1. The maximum Gasteiger partial charge on any atom is 0.336 e. The Balaban J connectivity index is 1.52. The van der Waals surface area contributed by atoms with Crippen LogP contribution in [0.1, 0.15) is 19.8 Å². The molecule has 6 heteroatoms. The molecule has 0 unspecified atom stereocenters. The predicted octanol–water partition coefficient (Wildman–Crippen LogP) is 2.02. The highest BCUT2D eigenvalue weighted by Crippen LogP contribution is 2.20. The quantitative estimate of drug-likeness (QED) is 0.812. The lowest BCUT2D eigenvalue weighted by Crippen LogP contribution is -2.42. The second kappa shape index (κ2) is 8.16. The van der Waals surface area contributed by atoms with Crippen LogP contribution >= 0.6 is 0 Å². The lowest BCUT2D eigenvalue weighted by Gasteiger charge is -2.32. The van der Waals surface area contributed by atoms with Gasteiger partial charge in [-0.05, 0) is 50.0 Å². The number of amides is 1. The van der Waals surface area contributed by atoms with Gasteiger partial charge in [-0.2, -0.15) is 0 Å². The summed E-state index contributed by atoms with van der Waals surface area (Å²) < 4.78 is 10.7. The number of rotatable bonds is 6. The fourth-order valence-electron chi connectivity index (χ4n) is 3.10. The van der Waals surface area contributed by atoms with Crippen molar-refractivity contribution in [2.45, 2.75) is 19.8 Å². The normalized spacial score (nSPS) is 15.5. The minimum absolute atomic E-state index is 0.000445. The van der Waals surface area contributed by atoms with Crippen LogP contribution in [0, 0.1) is 5.92 Å². The van der Waals surface area contributed by atoms with Gasteiger partial charge in [0.1, 0.15) is 11.3 Å². The van der Waals surface area contributed by atoms with Crippen molar-refractivity contribution in [1.29, 1.82) is 0 Å². The first-order valence-corrected chi connectivity index (χ1v) is 8.81. The molecule has 1 amide bonds. The van der Waals surface area contributed by atoms with Crippen molar-refractivity contribution in [3.63, 3.8) is 0 Å². The average molecular weight is 344 g/mol. The molecule has 0 atom stereocenters. The highest BCUT2D eigenvalue weighted by atomic mass is 16.5. The average Bonchev–Trinajstić information content (AvgIpc) is 2.64.